The van der Waals surface area contributed by atoms with Crippen molar-refractivity contribution in [2.24, 2.45) is 0 Å². The number of hydrogen-bond acceptors (Lipinski definition) is 7. The van der Waals surface area contributed by atoms with Gasteiger partial charge in [0.15, 0.2) is 0 Å². The van der Waals surface area contributed by atoms with E-state index >= 15 is 0 Å². The molecule has 0 atom stereocenters. The van der Waals surface area contributed by atoms with Gasteiger partial charge in [-0.1, -0.05) is 0 Å². The Balaban J connectivity index is -0.0000000203. The van der Waals surface area contributed by atoms with Crippen molar-refractivity contribution in [3.63, 3.8) is 0 Å². The van der Waals surface area contributed by atoms with Crippen LogP contribution in [0.3, 0.4) is 0 Å². The molecule has 0 spiro atoms. The van der Waals surface area contributed by atoms with E-state index in [1.54, 1.807) is 27.4 Å². The molecule has 0 fully saturated rings. The van der Waals surface area contributed by atoms with Crippen LogP contribution in [0.5, 0.6) is 0 Å². The summed E-state index contributed by atoms with van der Waals surface area (Å²) < 4.78 is 58.3. The molecule has 0 saturated carbocycles. The summed E-state index contributed by atoms with van der Waals surface area (Å²) in [5.41, 5.74) is 0. The maximum Gasteiger partial charge on any atom is 2.00 e. The second-order valence-electron chi connectivity index (χ2n) is 0.408. The van der Waals surface area contributed by atoms with Crippen LogP contribution in [0, 0.1) is 0 Å². The topological polar surface area (TPSA) is 131 Å². The third kappa shape index (κ3) is 947. The molecule has 0 aliphatic heterocycles. The first kappa shape index (κ1) is 29.2. The number of rotatable bonds is 0. The summed E-state index contributed by atoms with van der Waals surface area (Å²) in [4.78, 5) is 0. The van der Waals surface area contributed by atoms with Crippen LogP contribution in [0.2, 0.25) is 0 Å². The van der Waals surface area contributed by atoms with Crippen molar-refractivity contribution < 1.29 is 31.2 Å². The van der Waals surface area contributed by atoms with E-state index in [1.807, 2.05) is 0 Å². The molecule has 7 nitrogen and oxygen atoms in total. The zero-order valence-corrected chi connectivity index (χ0v) is 13.0. The molecule has 70 valence electrons. The van der Waals surface area contributed by atoms with Gasteiger partial charge in [-0.15, -0.1) is 0 Å². The van der Waals surface area contributed by atoms with Crippen molar-refractivity contribution >= 4 is 65.1 Å². The monoisotopic (exact) mass is 448 g/mol. The molecule has 0 saturated heterocycles. The zero-order valence-electron chi connectivity index (χ0n) is 5.27. The minimum absolute atomic E-state index is 0. The van der Waals surface area contributed by atoms with Gasteiger partial charge in [-0.05, 0) is 0 Å². The molecular formula is H3O7P3PbS. The predicted molar refractivity (Wildman–Crippen MR) is 43.2 cm³/mol. The van der Waals surface area contributed by atoms with Gasteiger partial charge in [0.1, 0.15) is 27.4 Å². The summed E-state index contributed by atoms with van der Waals surface area (Å²) in [5, 5.41) is 0. The molecule has 0 rings (SSSR count). The van der Waals surface area contributed by atoms with E-state index in [9.17, 15) is 0 Å². The van der Waals surface area contributed by atoms with E-state index in [0.29, 0.717) is 0 Å². The Bertz CT molecular complexity index is 130. The van der Waals surface area contributed by atoms with Crippen molar-refractivity contribution in [3.8, 4) is 0 Å². The third-order valence-electron chi connectivity index (χ3n) is 0. The van der Waals surface area contributed by atoms with Gasteiger partial charge in [0.05, 0.1) is 0 Å². The summed E-state index contributed by atoms with van der Waals surface area (Å²) in [7, 11) is 0. The van der Waals surface area contributed by atoms with Gasteiger partial charge < -0.3 is 9.11 Å². The average Bonchev–Trinajstić information content (AvgIpc) is 1.96. The van der Waals surface area contributed by atoms with Crippen LogP contribution in [0.15, 0.2) is 0 Å². The van der Waals surface area contributed by atoms with Gasteiger partial charge in [-0.25, -0.2) is 0 Å². The minimum atomic E-state index is -5.17. The second kappa shape index (κ2) is 29.6. The van der Waals surface area contributed by atoms with E-state index in [1.165, 1.54) is 0 Å². The van der Waals surface area contributed by atoms with Gasteiger partial charge in [-0.2, -0.15) is 0 Å². The van der Waals surface area contributed by atoms with Crippen molar-refractivity contribution in [2.75, 3.05) is 0 Å². The van der Waals surface area contributed by atoms with Crippen LogP contribution in [0.4, 0.5) is 0 Å². The van der Waals surface area contributed by atoms with E-state index in [-0.39, 0.29) is 27.3 Å². The summed E-state index contributed by atoms with van der Waals surface area (Å²) in [5.74, 6) is 0. The van der Waals surface area contributed by atoms with Gasteiger partial charge in [0.25, 0.3) is 0 Å². The van der Waals surface area contributed by atoms with Gasteiger partial charge in [-0.3, -0.25) is 22.1 Å². The number of hydrogen-bond donors (Lipinski definition) is 0. The van der Waals surface area contributed by atoms with E-state index in [2.05, 4.69) is 0 Å². The van der Waals surface area contributed by atoms with Crippen molar-refractivity contribution in [3.05, 3.63) is 0 Å². The van der Waals surface area contributed by atoms with Gasteiger partial charge in [0, 0.05) is 10.4 Å². The SMILES string of the molecule is O=P.O=P.O=P.O=S(=O)([O-])[O-].[Pb+2]. The Kier molecular flexibility index (Phi) is 72.1. The Labute approximate surface area is 95.9 Å². The molecule has 0 N–H and O–H groups in total. The molecule has 0 bridgehead atoms. The largest absolute Gasteiger partial charge is 2.00 e. The van der Waals surface area contributed by atoms with Gasteiger partial charge in [0.2, 0.25) is 0 Å². The summed E-state index contributed by atoms with van der Waals surface area (Å²) >= 11 is 0. The Morgan fingerprint density at radius 3 is 0.750 bits per heavy atom. The average molecular weight is 447 g/mol. The van der Waals surface area contributed by atoms with Crippen LogP contribution >= 0.6 is 27.4 Å². The van der Waals surface area contributed by atoms with Crippen LogP contribution in [0.1, 0.15) is 0 Å². The second-order valence-corrected chi connectivity index (χ2v) is 1.22. The first-order chi connectivity index (χ1) is 5.00. The first-order valence-corrected chi connectivity index (χ1v) is 3.84. The van der Waals surface area contributed by atoms with Crippen LogP contribution in [-0.2, 0) is 24.1 Å². The Hall–Kier alpha value is 1.09. The summed E-state index contributed by atoms with van der Waals surface area (Å²) in [6, 6.07) is 0. The van der Waals surface area contributed by atoms with E-state index in [0.717, 1.165) is 0 Å². The van der Waals surface area contributed by atoms with Gasteiger partial charge >= 0.3 is 27.3 Å². The van der Waals surface area contributed by atoms with Crippen LogP contribution in [-0.4, -0.2) is 44.8 Å². The first-order valence-electron chi connectivity index (χ1n) is 1.28. The molecule has 0 aliphatic rings. The molecule has 0 aromatic rings. The Morgan fingerprint density at radius 1 is 0.750 bits per heavy atom. The molecule has 12 heavy (non-hydrogen) atoms. The molecule has 0 aliphatic carbocycles. The minimum Gasteiger partial charge on any atom is -0.759 e. The normalized spacial score (nSPS) is 5.83. The fraction of sp³-hybridized carbons (Fsp3) is 0. The smallest absolute Gasteiger partial charge is 0.759 e. The summed E-state index contributed by atoms with van der Waals surface area (Å²) in [6.07, 6.45) is 0. The standard InChI is InChI=1S/H2O4S.3HOP.Pb/c1-5(2,3)4;3*1-2;/h(H2,1,2,3,4);3*2H;/q;;;;+2/p-2. The molecule has 12 heteroatoms. The quantitative estimate of drug-likeness (QED) is 0.216. The third-order valence-corrected chi connectivity index (χ3v) is 0. The predicted octanol–water partition coefficient (Wildman–Crippen LogP) is -0.295. The molecule has 2 radical (unpaired) electrons. The fourth-order valence-electron chi connectivity index (χ4n) is 0. The van der Waals surface area contributed by atoms with Crippen molar-refractivity contribution in [2.45, 2.75) is 0 Å². The fourth-order valence-corrected chi connectivity index (χ4v) is 0. The molecule has 0 unspecified atom stereocenters. The zero-order chi connectivity index (χ0) is 10.5. The maximum atomic E-state index is 8.52. The molecule has 0 aromatic carbocycles. The molecule has 0 heterocycles. The summed E-state index contributed by atoms with van der Waals surface area (Å²) in [6.45, 7) is 0. The van der Waals surface area contributed by atoms with E-state index in [4.69, 9.17) is 31.2 Å². The van der Waals surface area contributed by atoms with Crippen molar-refractivity contribution in [1.82, 2.24) is 0 Å². The Morgan fingerprint density at radius 2 is 0.750 bits per heavy atom. The van der Waals surface area contributed by atoms with Crippen LogP contribution in [0.25, 0.3) is 0 Å². The maximum absolute atomic E-state index is 8.52. The molecular weight excluding hydrogens is 444 g/mol. The van der Waals surface area contributed by atoms with Crippen LogP contribution < -0.4 is 0 Å². The molecule has 0 aromatic heterocycles. The molecule has 0 amide bonds. The van der Waals surface area contributed by atoms with E-state index < -0.39 is 10.4 Å². The van der Waals surface area contributed by atoms with Crippen molar-refractivity contribution in [1.29, 1.82) is 0 Å².